The summed E-state index contributed by atoms with van der Waals surface area (Å²) < 4.78 is 24.3. The Balaban J connectivity index is 1.20. The summed E-state index contributed by atoms with van der Waals surface area (Å²) in [4.78, 5) is 12.7. The molecule has 0 spiro atoms. The molecule has 3 saturated carbocycles. The monoisotopic (exact) mass is 458 g/mol. The van der Waals surface area contributed by atoms with Gasteiger partial charge < -0.3 is 9.47 Å². The Morgan fingerprint density at radius 1 is 0.909 bits per heavy atom. The molecule has 4 atom stereocenters. The van der Waals surface area contributed by atoms with Crippen molar-refractivity contribution >= 4 is 5.97 Å². The highest BCUT2D eigenvalue weighted by atomic mass is 19.1. The smallest absolute Gasteiger partial charge is 0.314 e. The second-order valence-corrected chi connectivity index (χ2v) is 11.1. The molecule has 4 unspecified atom stereocenters. The molecule has 3 fully saturated rings. The minimum absolute atomic E-state index is 0.0543. The van der Waals surface area contributed by atoms with Crippen LogP contribution < -0.4 is 9.47 Å². The molecule has 0 saturated heterocycles. The highest BCUT2D eigenvalue weighted by molar-refractivity contribution is 5.75. The van der Waals surface area contributed by atoms with E-state index in [1.165, 1.54) is 83.5 Å². The van der Waals surface area contributed by atoms with Crippen LogP contribution >= 0.6 is 0 Å². The van der Waals surface area contributed by atoms with Crippen molar-refractivity contribution in [2.45, 2.75) is 96.8 Å². The van der Waals surface area contributed by atoms with Crippen molar-refractivity contribution < 1.29 is 18.7 Å². The lowest BCUT2D eigenvalue weighted by molar-refractivity contribution is -0.140. The molecule has 3 aliphatic rings. The van der Waals surface area contributed by atoms with Crippen molar-refractivity contribution in [3.8, 4) is 11.5 Å². The van der Waals surface area contributed by atoms with Gasteiger partial charge in [0.2, 0.25) is 0 Å². The fourth-order valence-corrected chi connectivity index (χ4v) is 7.13. The molecular weight excluding hydrogens is 415 g/mol. The number of carbonyl (C=O) groups is 1. The largest absolute Gasteiger partial charge is 0.494 e. The number of hydrogen-bond donors (Lipinski definition) is 0. The maximum atomic E-state index is 13.9. The normalized spacial score (nSPS) is 32.1. The summed E-state index contributed by atoms with van der Waals surface area (Å²) >= 11 is 0. The first-order valence-corrected chi connectivity index (χ1v) is 13.6. The fraction of sp³-hybridized carbons (Fsp3) is 0.759. The summed E-state index contributed by atoms with van der Waals surface area (Å²) in [6.07, 6.45) is 18.4. The van der Waals surface area contributed by atoms with E-state index in [1.54, 1.807) is 6.07 Å². The van der Waals surface area contributed by atoms with Crippen molar-refractivity contribution in [1.82, 2.24) is 0 Å². The average Bonchev–Trinajstić information content (AvgIpc) is 2.84. The van der Waals surface area contributed by atoms with Crippen LogP contribution in [0.1, 0.15) is 96.8 Å². The number of halogens is 1. The van der Waals surface area contributed by atoms with Crippen LogP contribution in [-0.4, -0.2) is 13.1 Å². The van der Waals surface area contributed by atoms with Crippen molar-refractivity contribution in [1.29, 1.82) is 0 Å². The van der Waals surface area contributed by atoms with Crippen molar-refractivity contribution in [3.63, 3.8) is 0 Å². The van der Waals surface area contributed by atoms with Gasteiger partial charge in [-0.25, -0.2) is 4.39 Å². The molecule has 4 rings (SSSR count). The third kappa shape index (κ3) is 6.31. The summed E-state index contributed by atoms with van der Waals surface area (Å²) in [5.41, 5.74) is 0. The number of carbonyl (C=O) groups excluding carboxylic acids is 1. The maximum absolute atomic E-state index is 13.9. The van der Waals surface area contributed by atoms with Crippen molar-refractivity contribution in [2.75, 3.05) is 7.11 Å². The fourth-order valence-electron chi connectivity index (χ4n) is 7.13. The zero-order chi connectivity index (χ0) is 23.2. The van der Waals surface area contributed by atoms with Gasteiger partial charge >= 0.3 is 5.97 Å². The number of fused-ring (bicyclic) bond motifs is 1. The Morgan fingerprint density at radius 3 is 2.27 bits per heavy atom. The molecule has 4 heteroatoms. The van der Waals surface area contributed by atoms with Crippen LogP contribution in [0, 0.1) is 41.3 Å². The number of ether oxygens (including phenoxy) is 2. The van der Waals surface area contributed by atoms with Gasteiger partial charge in [-0.3, -0.25) is 4.79 Å². The molecular formula is C29H43FO3. The first kappa shape index (κ1) is 24.5. The summed E-state index contributed by atoms with van der Waals surface area (Å²) in [5.74, 6) is 4.23. The molecule has 3 nitrogen and oxygen atoms in total. The summed E-state index contributed by atoms with van der Waals surface area (Å²) in [6.45, 7) is 2.30. The van der Waals surface area contributed by atoms with E-state index in [-0.39, 0.29) is 23.4 Å². The lowest BCUT2D eigenvalue weighted by Crippen LogP contribution is -2.35. The number of rotatable bonds is 8. The molecule has 184 valence electrons. The van der Waals surface area contributed by atoms with Crippen LogP contribution in [0.15, 0.2) is 18.2 Å². The lowest BCUT2D eigenvalue weighted by Gasteiger charge is -2.45. The minimum atomic E-state index is -0.503. The Bertz CT molecular complexity index is 770. The number of benzene rings is 1. The quantitative estimate of drug-likeness (QED) is 0.225. The van der Waals surface area contributed by atoms with Gasteiger partial charge in [0.1, 0.15) is 5.75 Å². The lowest BCUT2D eigenvalue weighted by atomic mass is 9.60. The molecule has 33 heavy (non-hydrogen) atoms. The first-order valence-electron chi connectivity index (χ1n) is 13.6. The Labute approximate surface area is 199 Å². The molecule has 0 aromatic heterocycles. The van der Waals surface area contributed by atoms with Gasteiger partial charge in [-0.1, -0.05) is 39.0 Å². The predicted octanol–water partition coefficient (Wildman–Crippen LogP) is 7.96. The second kappa shape index (κ2) is 11.7. The minimum Gasteiger partial charge on any atom is -0.494 e. The van der Waals surface area contributed by atoms with Gasteiger partial charge in [-0.05, 0) is 99.5 Å². The molecule has 0 heterocycles. The number of hydrogen-bond acceptors (Lipinski definition) is 3. The Hall–Kier alpha value is -1.58. The van der Waals surface area contributed by atoms with E-state index in [9.17, 15) is 9.18 Å². The third-order valence-electron chi connectivity index (χ3n) is 9.09. The first-order chi connectivity index (χ1) is 16.1. The molecule has 3 aliphatic carbocycles. The van der Waals surface area contributed by atoms with Crippen molar-refractivity contribution in [3.05, 3.63) is 24.0 Å². The highest BCUT2D eigenvalue weighted by Gasteiger charge is 2.39. The van der Waals surface area contributed by atoms with Gasteiger partial charge in [-0.2, -0.15) is 0 Å². The predicted molar refractivity (Wildman–Crippen MR) is 130 cm³/mol. The zero-order valence-corrected chi connectivity index (χ0v) is 20.7. The van der Waals surface area contributed by atoms with Crippen LogP contribution in [0.3, 0.4) is 0 Å². The van der Waals surface area contributed by atoms with E-state index >= 15 is 0 Å². The zero-order valence-electron chi connectivity index (χ0n) is 20.7. The summed E-state index contributed by atoms with van der Waals surface area (Å²) in [5, 5.41) is 0. The van der Waals surface area contributed by atoms with Gasteiger partial charge in [0.25, 0.3) is 0 Å². The van der Waals surface area contributed by atoms with Crippen LogP contribution in [0.4, 0.5) is 4.39 Å². The Morgan fingerprint density at radius 2 is 1.58 bits per heavy atom. The van der Waals surface area contributed by atoms with Gasteiger partial charge in [0.15, 0.2) is 11.6 Å². The average molecular weight is 459 g/mol. The van der Waals surface area contributed by atoms with E-state index in [2.05, 4.69) is 6.92 Å². The van der Waals surface area contributed by atoms with Gasteiger partial charge in [0.05, 0.1) is 13.0 Å². The number of esters is 1. The van der Waals surface area contributed by atoms with E-state index in [1.807, 2.05) is 0 Å². The third-order valence-corrected chi connectivity index (χ3v) is 9.09. The van der Waals surface area contributed by atoms with E-state index in [0.29, 0.717) is 0 Å². The van der Waals surface area contributed by atoms with Crippen LogP contribution in [-0.2, 0) is 4.79 Å². The van der Waals surface area contributed by atoms with Crippen LogP contribution in [0.5, 0.6) is 11.5 Å². The molecule has 0 amide bonds. The molecule has 0 aliphatic heterocycles. The summed E-state index contributed by atoms with van der Waals surface area (Å²) in [6, 6.07) is 4.34. The van der Waals surface area contributed by atoms with Gasteiger partial charge in [0, 0.05) is 6.07 Å². The van der Waals surface area contributed by atoms with E-state index < -0.39 is 5.82 Å². The molecule has 0 N–H and O–H groups in total. The molecule has 0 bridgehead atoms. The molecule has 1 aromatic carbocycles. The molecule has 1 aromatic rings. The van der Waals surface area contributed by atoms with Crippen LogP contribution in [0.2, 0.25) is 0 Å². The Kier molecular flexibility index (Phi) is 8.71. The topological polar surface area (TPSA) is 35.5 Å². The highest BCUT2D eigenvalue weighted by Crippen LogP contribution is 2.49. The van der Waals surface area contributed by atoms with Crippen LogP contribution in [0.25, 0.3) is 0 Å². The van der Waals surface area contributed by atoms with E-state index in [0.717, 1.165) is 55.3 Å². The maximum Gasteiger partial charge on any atom is 0.314 e. The summed E-state index contributed by atoms with van der Waals surface area (Å²) in [7, 11) is 1.43. The standard InChI is InChI=1S/C29H43FO3/c1-3-4-5-6-20-7-8-25-18-24(14-13-23(25)17-20)21-9-11-22(12-10-21)29(31)33-26-15-16-28(32-2)27(30)19-26/h15-16,19-25H,3-14,17-18H2,1-2H3. The van der Waals surface area contributed by atoms with Crippen molar-refractivity contribution in [2.24, 2.45) is 35.5 Å². The SMILES string of the molecule is CCCCCC1CCC2CC(C3CCC(C(=O)Oc4ccc(OC)c(F)c4)CC3)CCC2C1. The number of unbranched alkanes of at least 4 members (excludes halogenated alkanes) is 2. The van der Waals surface area contributed by atoms with Gasteiger partial charge in [-0.15, -0.1) is 0 Å². The van der Waals surface area contributed by atoms with E-state index in [4.69, 9.17) is 9.47 Å². The number of methoxy groups -OCH3 is 1. The second-order valence-electron chi connectivity index (χ2n) is 11.1. The molecule has 0 radical (unpaired) electrons.